The number of nitrogens with zero attached hydrogens (tertiary/aromatic N) is 1. The zero-order valence-corrected chi connectivity index (χ0v) is 14.2. The molecule has 2 aromatic carbocycles. The Hall–Kier alpha value is -2.78. The summed E-state index contributed by atoms with van der Waals surface area (Å²) < 4.78 is 11.8. The Labute approximate surface area is 147 Å². The zero-order chi connectivity index (χ0) is 16.9. The molecule has 0 spiro atoms. The topological polar surface area (TPSA) is 71.4 Å². The predicted octanol–water partition coefficient (Wildman–Crippen LogP) is 3.77. The molecule has 0 aliphatic carbocycles. The number of carbonyl (C=O) groups excluding carboxylic acids is 1. The van der Waals surface area contributed by atoms with E-state index in [0.29, 0.717) is 30.4 Å². The minimum absolute atomic E-state index is 0.0167. The first-order chi connectivity index (χ1) is 11.7. The van der Waals surface area contributed by atoms with Crippen LogP contribution in [0.3, 0.4) is 0 Å². The Morgan fingerprint density at radius 2 is 1.96 bits per heavy atom. The molecule has 5 nitrogen and oxygen atoms in total. The van der Waals surface area contributed by atoms with Gasteiger partial charge in [0.15, 0.2) is 11.5 Å². The highest BCUT2D eigenvalue weighted by Crippen LogP contribution is 2.32. The molecule has 0 bridgehead atoms. The zero-order valence-electron chi connectivity index (χ0n) is 12.6. The van der Waals surface area contributed by atoms with Crippen LogP contribution < -0.4 is 14.8 Å². The van der Waals surface area contributed by atoms with Crippen LogP contribution in [-0.4, -0.2) is 19.1 Å². The highest BCUT2D eigenvalue weighted by molar-refractivity contribution is 9.10. The summed E-state index contributed by atoms with van der Waals surface area (Å²) in [5.41, 5.74) is 1.32. The van der Waals surface area contributed by atoms with E-state index in [9.17, 15) is 10.1 Å². The number of rotatable bonds is 3. The van der Waals surface area contributed by atoms with Gasteiger partial charge in [-0.25, -0.2) is 0 Å². The molecule has 0 saturated heterocycles. The van der Waals surface area contributed by atoms with E-state index < -0.39 is 5.91 Å². The van der Waals surface area contributed by atoms with E-state index in [1.165, 1.54) is 6.08 Å². The van der Waals surface area contributed by atoms with Gasteiger partial charge in [0, 0.05) is 16.2 Å². The molecule has 1 amide bonds. The van der Waals surface area contributed by atoms with Gasteiger partial charge in [-0.2, -0.15) is 5.26 Å². The second-order valence-electron chi connectivity index (χ2n) is 5.04. The van der Waals surface area contributed by atoms with E-state index in [2.05, 4.69) is 21.2 Å². The molecule has 24 heavy (non-hydrogen) atoms. The molecule has 1 N–H and O–H groups in total. The summed E-state index contributed by atoms with van der Waals surface area (Å²) in [4.78, 5) is 12.3. The smallest absolute Gasteiger partial charge is 0.266 e. The van der Waals surface area contributed by atoms with Crippen molar-refractivity contribution in [1.82, 2.24) is 0 Å². The second-order valence-corrected chi connectivity index (χ2v) is 5.95. The minimum atomic E-state index is -0.478. The van der Waals surface area contributed by atoms with Gasteiger partial charge in [-0.1, -0.05) is 28.1 Å². The van der Waals surface area contributed by atoms with Gasteiger partial charge in [0.05, 0.1) is 0 Å². The molecule has 0 saturated carbocycles. The molecule has 3 rings (SSSR count). The van der Waals surface area contributed by atoms with Crippen molar-refractivity contribution in [2.75, 3.05) is 18.5 Å². The van der Waals surface area contributed by atoms with Gasteiger partial charge >= 0.3 is 0 Å². The van der Waals surface area contributed by atoms with E-state index >= 15 is 0 Å². The highest BCUT2D eigenvalue weighted by Gasteiger charge is 2.14. The van der Waals surface area contributed by atoms with Crippen molar-refractivity contribution in [2.45, 2.75) is 0 Å². The van der Waals surface area contributed by atoms with Crippen molar-refractivity contribution in [2.24, 2.45) is 0 Å². The van der Waals surface area contributed by atoms with Crippen LogP contribution in [0.2, 0.25) is 0 Å². The van der Waals surface area contributed by atoms with Gasteiger partial charge in [0.1, 0.15) is 24.9 Å². The van der Waals surface area contributed by atoms with Crippen molar-refractivity contribution < 1.29 is 14.3 Å². The van der Waals surface area contributed by atoms with Crippen molar-refractivity contribution in [3.63, 3.8) is 0 Å². The normalized spacial score (nSPS) is 13.1. The lowest BCUT2D eigenvalue weighted by molar-refractivity contribution is -0.112. The van der Waals surface area contributed by atoms with Crippen LogP contribution in [0.5, 0.6) is 11.5 Å². The molecule has 1 aliphatic heterocycles. The monoisotopic (exact) mass is 384 g/mol. The first-order valence-electron chi connectivity index (χ1n) is 7.24. The van der Waals surface area contributed by atoms with Crippen LogP contribution in [0.25, 0.3) is 6.08 Å². The van der Waals surface area contributed by atoms with Gasteiger partial charge in [0.2, 0.25) is 0 Å². The number of halogens is 1. The van der Waals surface area contributed by atoms with E-state index in [4.69, 9.17) is 9.47 Å². The van der Waals surface area contributed by atoms with E-state index in [-0.39, 0.29) is 5.57 Å². The van der Waals surface area contributed by atoms with Crippen LogP contribution in [-0.2, 0) is 4.79 Å². The number of hydrogen-bond acceptors (Lipinski definition) is 4. The Morgan fingerprint density at radius 3 is 2.71 bits per heavy atom. The molecule has 2 aromatic rings. The number of nitrogens with one attached hydrogen (secondary N) is 1. The number of fused-ring (bicyclic) bond motifs is 1. The standard InChI is InChI=1S/C18H13BrN2O3/c19-14-3-1-2-12(9-14)8-13(11-20)18(22)21-15-4-5-16-17(10-15)24-7-6-23-16/h1-5,8-10H,6-7H2,(H,21,22). The van der Waals surface area contributed by atoms with Gasteiger partial charge < -0.3 is 14.8 Å². The largest absolute Gasteiger partial charge is 0.486 e. The van der Waals surface area contributed by atoms with E-state index in [0.717, 1.165) is 10.0 Å². The third-order valence-corrected chi connectivity index (χ3v) is 3.82. The maximum absolute atomic E-state index is 12.3. The molecule has 0 atom stereocenters. The van der Waals surface area contributed by atoms with Crippen LogP contribution in [0.15, 0.2) is 52.5 Å². The van der Waals surface area contributed by atoms with Crippen LogP contribution in [0.1, 0.15) is 5.56 Å². The Bertz CT molecular complexity index is 856. The minimum Gasteiger partial charge on any atom is -0.486 e. The quantitative estimate of drug-likeness (QED) is 0.645. The molecular weight excluding hydrogens is 372 g/mol. The molecule has 120 valence electrons. The molecule has 1 aliphatic rings. The van der Waals surface area contributed by atoms with Crippen molar-refractivity contribution in [1.29, 1.82) is 5.26 Å². The maximum Gasteiger partial charge on any atom is 0.266 e. The molecule has 0 fully saturated rings. The summed E-state index contributed by atoms with van der Waals surface area (Å²) in [7, 11) is 0. The number of anilines is 1. The Morgan fingerprint density at radius 1 is 1.17 bits per heavy atom. The summed E-state index contributed by atoms with van der Waals surface area (Å²) in [6.45, 7) is 0.975. The third-order valence-electron chi connectivity index (χ3n) is 3.32. The number of ether oxygens (including phenoxy) is 2. The van der Waals surface area contributed by atoms with Gasteiger partial charge in [-0.15, -0.1) is 0 Å². The van der Waals surface area contributed by atoms with E-state index in [1.807, 2.05) is 30.3 Å². The van der Waals surface area contributed by atoms with Gasteiger partial charge in [-0.3, -0.25) is 4.79 Å². The SMILES string of the molecule is N#CC(=Cc1cccc(Br)c1)C(=O)Nc1ccc2c(c1)OCCO2. The maximum atomic E-state index is 12.3. The van der Waals surface area contributed by atoms with Crippen molar-refractivity contribution in [3.8, 4) is 17.6 Å². The number of benzene rings is 2. The first-order valence-corrected chi connectivity index (χ1v) is 8.03. The fourth-order valence-corrected chi connectivity index (χ4v) is 2.65. The van der Waals surface area contributed by atoms with Crippen LogP contribution in [0.4, 0.5) is 5.69 Å². The molecule has 0 radical (unpaired) electrons. The molecule has 6 heteroatoms. The summed E-state index contributed by atoms with van der Waals surface area (Å²) in [6, 6.07) is 14.4. The number of hydrogen-bond donors (Lipinski definition) is 1. The van der Waals surface area contributed by atoms with Crippen LogP contribution in [0, 0.1) is 11.3 Å². The first kappa shape index (κ1) is 16.1. The lowest BCUT2D eigenvalue weighted by Crippen LogP contribution is -2.17. The van der Waals surface area contributed by atoms with Gasteiger partial charge in [0.25, 0.3) is 5.91 Å². The Kier molecular flexibility index (Phi) is 4.82. The lowest BCUT2D eigenvalue weighted by Gasteiger charge is -2.18. The van der Waals surface area contributed by atoms with Crippen molar-refractivity contribution in [3.05, 3.63) is 58.1 Å². The molecule has 0 aromatic heterocycles. The second kappa shape index (κ2) is 7.20. The summed E-state index contributed by atoms with van der Waals surface area (Å²) in [5.74, 6) is 0.743. The lowest BCUT2D eigenvalue weighted by atomic mass is 10.1. The summed E-state index contributed by atoms with van der Waals surface area (Å²) in [5, 5.41) is 12.0. The summed E-state index contributed by atoms with van der Waals surface area (Å²) >= 11 is 3.36. The number of amides is 1. The highest BCUT2D eigenvalue weighted by atomic mass is 79.9. The average Bonchev–Trinajstić information content (AvgIpc) is 2.59. The molecular formula is C18H13BrN2O3. The van der Waals surface area contributed by atoms with E-state index in [1.54, 1.807) is 18.2 Å². The average molecular weight is 385 g/mol. The number of carbonyl (C=O) groups is 1. The Balaban J connectivity index is 1.79. The number of nitriles is 1. The molecule has 1 heterocycles. The third kappa shape index (κ3) is 3.76. The van der Waals surface area contributed by atoms with Gasteiger partial charge in [-0.05, 0) is 35.9 Å². The molecule has 0 unspecified atom stereocenters. The fourth-order valence-electron chi connectivity index (χ4n) is 2.23. The fraction of sp³-hybridized carbons (Fsp3) is 0.111. The predicted molar refractivity (Wildman–Crippen MR) is 93.8 cm³/mol. The van der Waals surface area contributed by atoms with Crippen molar-refractivity contribution >= 4 is 33.6 Å². The van der Waals surface area contributed by atoms with Crippen LogP contribution >= 0.6 is 15.9 Å². The summed E-state index contributed by atoms with van der Waals surface area (Å²) in [6.07, 6.45) is 1.54.